The Morgan fingerprint density at radius 3 is 2.07 bits per heavy atom. The van der Waals surface area contributed by atoms with E-state index >= 15 is 0 Å². The van der Waals surface area contributed by atoms with Gasteiger partial charge in [-0.25, -0.2) is 0 Å². The minimum absolute atomic E-state index is 0.0854. The van der Waals surface area contributed by atoms with E-state index in [-0.39, 0.29) is 11.2 Å². The van der Waals surface area contributed by atoms with Crippen molar-refractivity contribution in [3.05, 3.63) is 0 Å². The second-order valence-corrected chi connectivity index (χ2v) is 5.87. The number of nitrogens with two attached hydrogens (primary N) is 1. The zero-order valence-electron chi connectivity index (χ0n) is 10.1. The minimum Gasteiger partial charge on any atom is -0.368 e. The molecular formula is C12H25NO. The lowest BCUT2D eigenvalue weighted by Crippen LogP contribution is -2.45. The summed E-state index contributed by atoms with van der Waals surface area (Å²) in [5, 5.41) is 0. The van der Waals surface area contributed by atoms with E-state index in [0.717, 1.165) is 12.3 Å². The fraction of sp³-hybridized carbons (Fsp3) is 1.00. The van der Waals surface area contributed by atoms with Gasteiger partial charge in [0.15, 0.2) is 0 Å². The molecule has 0 radical (unpaired) electrons. The molecule has 1 saturated carbocycles. The molecule has 1 rings (SSSR count). The summed E-state index contributed by atoms with van der Waals surface area (Å²) in [6, 6.07) is 0. The smallest absolute Gasteiger partial charge is 0.0785 e. The van der Waals surface area contributed by atoms with Crippen LogP contribution in [0.2, 0.25) is 0 Å². The van der Waals surface area contributed by atoms with Gasteiger partial charge in [-0.15, -0.1) is 0 Å². The van der Waals surface area contributed by atoms with Crippen LogP contribution in [0.15, 0.2) is 0 Å². The number of hydrogen-bond donors (Lipinski definition) is 1. The van der Waals surface area contributed by atoms with E-state index in [1.54, 1.807) is 0 Å². The molecule has 0 amide bonds. The first-order valence-electron chi connectivity index (χ1n) is 5.75. The van der Waals surface area contributed by atoms with Gasteiger partial charge < -0.3 is 10.5 Å². The number of ether oxygens (including phenoxy) is 1. The highest BCUT2D eigenvalue weighted by Gasteiger charge is 2.33. The molecule has 0 aromatic rings. The molecule has 1 fully saturated rings. The Labute approximate surface area is 88.2 Å². The molecule has 0 spiro atoms. The fourth-order valence-corrected chi connectivity index (χ4v) is 2.21. The van der Waals surface area contributed by atoms with Crippen LogP contribution in [0.4, 0.5) is 0 Å². The average Bonchev–Trinajstić information content (AvgIpc) is 1.94. The first-order valence-corrected chi connectivity index (χ1v) is 5.75. The van der Waals surface area contributed by atoms with Crippen LogP contribution in [0.25, 0.3) is 0 Å². The molecule has 1 aliphatic rings. The second-order valence-electron chi connectivity index (χ2n) is 5.87. The van der Waals surface area contributed by atoms with E-state index in [0.29, 0.717) is 6.54 Å². The van der Waals surface area contributed by atoms with E-state index in [1.807, 2.05) is 0 Å². The Kier molecular flexibility index (Phi) is 3.59. The van der Waals surface area contributed by atoms with Crippen molar-refractivity contribution in [3.63, 3.8) is 0 Å². The van der Waals surface area contributed by atoms with Gasteiger partial charge in [-0.05, 0) is 40.0 Å². The zero-order chi connectivity index (χ0) is 10.8. The van der Waals surface area contributed by atoms with E-state index in [4.69, 9.17) is 10.5 Å². The van der Waals surface area contributed by atoms with E-state index in [2.05, 4.69) is 27.7 Å². The first kappa shape index (κ1) is 12.0. The molecule has 0 heterocycles. The van der Waals surface area contributed by atoms with Crippen LogP contribution < -0.4 is 5.73 Å². The average molecular weight is 199 g/mol. The summed E-state index contributed by atoms with van der Waals surface area (Å²) in [6.07, 6.45) is 5.24. The maximum Gasteiger partial charge on any atom is 0.0785 e. The molecule has 0 aromatic heterocycles. The molecule has 84 valence electrons. The van der Waals surface area contributed by atoms with Gasteiger partial charge in [-0.3, -0.25) is 0 Å². The third-order valence-electron chi connectivity index (χ3n) is 2.93. The maximum atomic E-state index is 6.06. The van der Waals surface area contributed by atoms with Crippen molar-refractivity contribution in [1.29, 1.82) is 0 Å². The number of rotatable bonds is 4. The van der Waals surface area contributed by atoms with Gasteiger partial charge in [0.2, 0.25) is 0 Å². The second kappa shape index (κ2) is 4.19. The topological polar surface area (TPSA) is 35.2 Å². The summed E-state index contributed by atoms with van der Waals surface area (Å²) in [4.78, 5) is 0. The SMILES string of the molecule is CC(C)(C)OC(C)(CN)CC1CCC1. The summed E-state index contributed by atoms with van der Waals surface area (Å²) in [5.74, 6) is 0.853. The lowest BCUT2D eigenvalue weighted by atomic mass is 9.77. The highest BCUT2D eigenvalue weighted by molar-refractivity contribution is 4.85. The normalized spacial score (nSPS) is 22.9. The lowest BCUT2D eigenvalue weighted by Gasteiger charge is -2.40. The van der Waals surface area contributed by atoms with Crippen molar-refractivity contribution in [2.24, 2.45) is 11.7 Å². The summed E-state index contributed by atoms with van der Waals surface area (Å²) in [5.41, 5.74) is 5.61. The predicted molar refractivity (Wildman–Crippen MR) is 60.3 cm³/mol. The Morgan fingerprint density at radius 1 is 1.21 bits per heavy atom. The standard InChI is InChI=1S/C12H25NO/c1-11(2,3)14-12(4,9-13)8-10-6-5-7-10/h10H,5-9,13H2,1-4H3. The highest BCUT2D eigenvalue weighted by atomic mass is 16.5. The van der Waals surface area contributed by atoms with E-state index in [9.17, 15) is 0 Å². The molecular weight excluding hydrogens is 174 g/mol. The third kappa shape index (κ3) is 3.58. The van der Waals surface area contributed by atoms with Gasteiger partial charge in [-0.1, -0.05) is 19.3 Å². The summed E-state index contributed by atoms with van der Waals surface area (Å²) < 4.78 is 6.06. The van der Waals surface area contributed by atoms with Crippen LogP contribution in [0.5, 0.6) is 0 Å². The first-order chi connectivity index (χ1) is 6.35. The van der Waals surface area contributed by atoms with E-state index < -0.39 is 0 Å². The zero-order valence-corrected chi connectivity index (χ0v) is 10.1. The van der Waals surface area contributed by atoms with Crippen LogP contribution in [0, 0.1) is 5.92 Å². The van der Waals surface area contributed by atoms with Crippen molar-refractivity contribution in [1.82, 2.24) is 0 Å². The van der Waals surface area contributed by atoms with Crippen molar-refractivity contribution in [3.8, 4) is 0 Å². The van der Waals surface area contributed by atoms with Crippen LogP contribution in [-0.4, -0.2) is 17.7 Å². The van der Waals surface area contributed by atoms with Crippen LogP contribution in [0.1, 0.15) is 53.4 Å². The summed E-state index contributed by atoms with van der Waals surface area (Å²) in [6.45, 7) is 9.07. The Balaban J connectivity index is 2.46. The largest absolute Gasteiger partial charge is 0.368 e. The van der Waals surface area contributed by atoms with Gasteiger partial charge >= 0.3 is 0 Å². The fourth-order valence-electron chi connectivity index (χ4n) is 2.21. The molecule has 0 bridgehead atoms. The molecule has 2 heteroatoms. The molecule has 2 nitrogen and oxygen atoms in total. The quantitative estimate of drug-likeness (QED) is 0.755. The predicted octanol–water partition coefficient (Wildman–Crippen LogP) is 2.71. The van der Waals surface area contributed by atoms with Gasteiger partial charge in [0.05, 0.1) is 11.2 Å². The summed E-state index contributed by atoms with van der Waals surface area (Å²) >= 11 is 0. The molecule has 1 unspecified atom stereocenters. The van der Waals surface area contributed by atoms with Gasteiger partial charge in [0.1, 0.15) is 0 Å². The lowest BCUT2D eigenvalue weighted by molar-refractivity contribution is -0.130. The molecule has 1 atom stereocenters. The minimum atomic E-state index is -0.122. The maximum absolute atomic E-state index is 6.06. The molecule has 14 heavy (non-hydrogen) atoms. The van der Waals surface area contributed by atoms with Crippen LogP contribution in [0.3, 0.4) is 0 Å². The molecule has 0 aromatic carbocycles. The van der Waals surface area contributed by atoms with Crippen molar-refractivity contribution < 1.29 is 4.74 Å². The van der Waals surface area contributed by atoms with Crippen LogP contribution >= 0.6 is 0 Å². The summed E-state index contributed by atoms with van der Waals surface area (Å²) in [7, 11) is 0. The van der Waals surface area contributed by atoms with Crippen molar-refractivity contribution >= 4 is 0 Å². The molecule has 1 aliphatic carbocycles. The Bertz CT molecular complexity index is 181. The molecule has 2 N–H and O–H groups in total. The Hall–Kier alpha value is -0.0800. The molecule has 0 saturated heterocycles. The van der Waals surface area contributed by atoms with E-state index in [1.165, 1.54) is 19.3 Å². The van der Waals surface area contributed by atoms with Gasteiger partial charge in [0, 0.05) is 6.54 Å². The van der Waals surface area contributed by atoms with Crippen molar-refractivity contribution in [2.45, 2.75) is 64.6 Å². The van der Waals surface area contributed by atoms with Gasteiger partial charge in [-0.2, -0.15) is 0 Å². The Morgan fingerprint density at radius 2 is 1.79 bits per heavy atom. The third-order valence-corrected chi connectivity index (χ3v) is 2.93. The molecule has 0 aliphatic heterocycles. The van der Waals surface area contributed by atoms with Gasteiger partial charge in [0.25, 0.3) is 0 Å². The number of hydrogen-bond acceptors (Lipinski definition) is 2. The van der Waals surface area contributed by atoms with Crippen molar-refractivity contribution in [2.75, 3.05) is 6.54 Å². The monoisotopic (exact) mass is 199 g/mol. The van der Waals surface area contributed by atoms with Crippen LogP contribution in [-0.2, 0) is 4.74 Å². The highest BCUT2D eigenvalue weighted by Crippen LogP contribution is 2.36.